The molecule has 33 heavy (non-hydrogen) atoms. The maximum Gasteiger partial charge on any atom is 0.239 e. The van der Waals surface area contributed by atoms with E-state index in [0.29, 0.717) is 18.2 Å². The van der Waals surface area contributed by atoms with Gasteiger partial charge in [0.25, 0.3) is 0 Å². The number of carbonyl (C=O) groups excluding carboxylic acids is 2. The highest BCUT2D eigenvalue weighted by atomic mass is 32.2. The number of nitrogens with one attached hydrogen (secondary N) is 2. The number of benzene rings is 2. The summed E-state index contributed by atoms with van der Waals surface area (Å²) in [6.07, 6.45) is 2.40. The molecule has 1 atom stereocenters. The summed E-state index contributed by atoms with van der Waals surface area (Å²) in [6, 6.07) is 15.3. The summed E-state index contributed by atoms with van der Waals surface area (Å²) < 4.78 is 5.47. The van der Waals surface area contributed by atoms with E-state index in [-0.39, 0.29) is 17.1 Å². The largest absolute Gasteiger partial charge is 0.494 e. The molecule has 2 amide bonds. The maximum absolute atomic E-state index is 12.7. The molecular weight excluding hydrogens is 454 g/mol. The lowest BCUT2D eigenvalue weighted by atomic mass is 10.2. The van der Waals surface area contributed by atoms with Gasteiger partial charge in [-0.3, -0.25) is 9.59 Å². The van der Waals surface area contributed by atoms with E-state index in [0.717, 1.165) is 40.4 Å². The SMILES string of the molecule is CCCCC(=O)Nc1ccc(SC(C)C(=O)Nc2nc(-c3ccc(OCC)cc3)cs2)cc1. The highest BCUT2D eigenvalue weighted by Gasteiger charge is 2.16. The maximum atomic E-state index is 12.7. The summed E-state index contributed by atoms with van der Waals surface area (Å²) in [5.41, 5.74) is 2.55. The Hall–Kier alpha value is -2.84. The van der Waals surface area contributed by atoms with Crippen molar-refractivity contribution in [2.75, 3.05) is 17.2 Å². The van der Waals surface area contributed by atoms with Gasteiger partial charge in [-0.05, 0) is 68.8 Å². The van der Waals surface area contributed by atoms with Crippen molar-refractivity contribution in [2.24, 2.45) is 0 Å². The zero-order valence-corrected chi connectivity index (χ0v) is 20.7. The van der Waals surface area contributed by atoms with Crippen molar-refractivity contribution in [2.45, 2.75) is 50.2 Å². The highest BCUT2D eigenvalue weighted by molar-refractivity contribution is 8.00. The fourth-order valence-electron chi connectivity index (χ4n) is 2.99. The Morgan fingerprint density at radius 3 is 2.45 bits per heavy atom. The van der Waals surface area contributed by atoms with Crippen LogP contribution in [0.25, 0.3) is 11.3 Å². The topological polar surface area (TPSA) is 80.3 Å². The number of nitrogens with zero attached hydrogens (tertiary/aromatic N) is 1. The molecule has 8 heteroatoms. The van der Waals surface area contributed by atoms with Crippen LogP contribution in [0, 0.1) is 0 Å². The number of anilines is 2. The lowest BCUT2D eigenvalue weighted by molar-refractivity contribution is -0.116. The molecule has 2 aromatic carbocycles. The summed E-state index contributed by atoms with van der Waals surface area (Å²) in [7, 11) is 0. The molecule has 0 fully saturated rings. The van der Waals surface area contributed by atoms with Gasteiger partial charge in [-0.2, -0.15) is 0 Å². The molecule has 0 bridgehead atoms. The molecule has 1 unspecified atom stereocenters. The summed E-state index contributed by atoms with van der Waals surface area (Å²) in [4.78, 5) is 30.0. The number of amides is 2. The Morgan fingerprint density at radius 2 is 1.79 bits per heavy atom. The first-order chi connectivity index (χ1) is 16.0. The van der Waals surface area contributed by atoms with Crippen LogP contribution in [0.1, 0.15) is 40.0 Å². The Labute approximate surface area is 203 Å². The van der Waals surface area contributed by atoms with Crippen LogP contribution in [0.3, 0.4) is 0 Å². The molecule has 0 radical (unpaired) electrons. The molecule has 3 rings (SSSR count). The summed E-state index contributed by atoms with van der Waals surface area (Å²) in [6.45, 7) is 6.50. The van der Waals surface area contributed by atoms with Gasteiger partial charge in [0.05, 0.1) is 17.6 Å². The molecule has 0 aliphatic rings. The fraction of sp³-hybridized carbons (Fsp3) is 0.320. The average molecular weight is 484 g/mol. The Morgan fingerprint density at radius 1 is 1.06 bits per heavy atom. The molecule has 0 saturated carbocycles. The van der Waals surface area contributed by atoms with Crippen LogP contribution in [0.15, 0.2) is 58.8 Å². The van der Waals surface area contributed by atoms with Crippen LogP contribution in [0.4, 0.5) is 10.8 Å². The standard InChI is InChI=1S/C25H29N3O3S2/c1-4-6-7-23(29)26-19-10-14-21(15-11-19)33-17(3)24(30)28-25-27-22(16-32-25)18-8-12-20(13-9-18)31-5-2/h8-17H,4-7H2,1-3H3,(H,26,29)(H,27,28,30). The van der Waals surface area contributed by atoms with Crippen molar-refractivity contribution in [3.63, 3.8) is 0 Å². The zero-order valence-electron chi connectivity index (χ0n) is 19.1. The summed E-state index contributed by atoms with van der Waals surface area (Å²) >= 11 is 2.86. The molecule has 0 saturated heterocycles. The second kappa shape index (κ2) is 12.4. The first kappa shape index (κ1) is 24.8. The molecule has 0 aliphatic heterocycles. The molecule has 174 valence electrons. The minimum atomic E-state index is -0.298. The molecule has 1 heterocycles. The van der Waals surface area contributed by atoms with Crippen molar-refractivity contribution in [1.29, 1.82) is 0 Å². The third-order valence-electron chi connectivity index (χ3n) is 4.77. The zero-order chi connectivity index (χ0) is 23.6. The predicted molar refractivity (Wildman–Crippen MR) is 137 cm³/mol. The molecule has 0 spiro atoms. The number of hydrogen-bond donors (Lipinski definition) is 2. The van der Waals surface area contributed by atoms with Crippen LogP contribution in [0.2, 0.25) is 0 Å². The monoisotopic (exact) mass is 483 g/mol. The van der Waals surface area contributed by atoms with Gasteiger partial charge in [-0.1, -0.05) is 13.3 Å². The van der Waals surface area contributed by atoms with Crippen LogP contribution in [-0.4, -0.2) is 28.7 Å². The van der Waals surface area contributed by atoms with Crippen LogP contribution in [0.5, 0.6) is 5.75 Å². The fourth-order valence-corrected chi connectivity index (χ4v) is 4.58. The van der Waals surface area contributed by atoms with E-state index in [9.17, 15) is 9.59 Å². The van der Waals surface area contributed by atoms with E-state index < -0.39 is 0 Å². The number of thiazole rings is 1. The Kier molecular flexibility index (Phi) is 9.33. The number of hydrogen-bond acceptors (Lipinski definition) is 6. The minimum absolute atomic E-state index is 0.0260. The summed E-state index contributed by atoms with van der Waals surface area (Å²) in [5.74, 6) is 0.741. The van der Waals surface area contributed by atoms with E-state index >= 15 is 0 Å². The number of unbranched alkanes of at least 4 members (excludes halogenated alkanes) is 1. The quantitative estimate of drug-likeness (QED) is 0.306. The molecule has 6 nitrogen and oxygen atoms in total. The number of carbonyl (C=O) groups is 2. The van der Waals surface area contributed by atoms with Crippen LogP contribution in [-0.2, 0) is 9.59 Å². The van der Waals surface area contributed by atoms with E-state index in [1.54, 1.807) is 0 Å². The number of rotatable bonds is 11. The van der Waals surface area contributed by atoms with Gasteiger partial charge in [0.15, 0.2) is 5.13 Å². The number of aromatic nitrogens is 1. The lowest BCUT2D eigenvalue weighted by Crippen LogP contribution is -2.22. The van der Waals surface area contributed by atoms with Gasteiger partial charge in [0.1, 0.15) is 5.75 Å². The molecule has 2 N–H and O–H groups in total. The van der Waals surface area contributed by atoms with Crippen molar-refractivity contribution in [1.82, 2.24) is 4.98 Å². The smallest absolute Gasteiger partial charge is 0.239 e. The normalized spacial score (nSPS) is 11.6. The van der Waals surface area contributed by atoms with Crippen molar-refractivity contribution in [3.8, 4) is 17.0 Å². The molecule has 1 aromatic heterocycles. The van der Waals surface area contributed by atoms with E-state index in [1.165, 1.54) is 23.1 Å². The molecule has 3 aromatic rings. The number of thioether (sulfide) groups is 1. The van der Waals surface area contributed by atoms with Crippen molar-refractivity contribution < 1.29 is 14.3 Å². The Bertz CT molecular complexity index is 1050. The predicted octanol–water partition coefficient (Wildman–Crippen LogP) is 6.46. The second-order valence-electron chi connectivity index (χ2n) is 7.42. The molecule has 0 aliphatic carbocycles. The second-order valence-corrected chi connectivity index (χ2v) is 9.69. The van der Waals surface area contributed by atoms with E-state index in [4.69, 9.17) is 4.74 Å². The van der Waals surface area contributed by atoms with E-state index in [2.05, 4.69) is 22.5 Å². The van der Waals surface area contributed by atoms with E-state index in [1.807, 2.05) is 67.8 Å². The Balaban J connectivity index is 1.52. The summed E-state index contributed by atoms with van der Waals surface area (Å²) in [5, 5.41) is 8.00. The van der Waals surface area contributed by atoms with Gasteiger partial charge in [-0.25, -0.2) is 4.98 Å². The van der Waals surface area contributed by atoms with Crippen molar-refractivity contribution >= 4 is 45.7 Å². The third-order valence-corrected chi connectivity index (χ3v) is 6.64. The molecular formula is C25H29N3O3S2. The lowest BCUT2D eigenvalue weighted by Gasteiger charge is -2.11. The van der Waals surface area contributed by atoms with Gasteiger partial charge >= 0.3 is 0 Å². The first-order valence-corrected chi connectivity index (χ1v) is 12.8. The number of ether oxygens (including phenoxy) is 1. The van der Waals surface area contributed by atoms with Gasteiger partial charge in [0.2, 0.25) is 11.8 Å². The van der Waals surface area contributed by atoms with Crippen molar-refractivity contribution in [3.05, 3.63) is 53.9 Å². The van der Waals surface area contributed by atoms with Crippen LogP contribution < -0.4 is 15.4 Å². The third kappa shape index (κ3) is 7.61. The average Bonchev–Trinajstić information content (AvgIpc) is 3.28. The first-order valence-electron chi connectivity index (χ1n) is 11.0. The van der Waals surface area contributed by atoms with Gasteiger partial charge in [-0.15, -0.1) is 23.1 Å². The van der Waals surface area contributed by atoms with Gasteiger partial charge < -0.3 is 15.4 Å². The van der Waals surface area contributed by atoms with Gasteiger partial charge in [0, 0.05) is 27.9 Å². The van der Waals surface area contributed by atoms with Crippen LogP contribution >= 0.6 is 23.1 Å². The minimum Gasteiger partial charge on any atom is -0.494 e. The highest BCUT2D eigenvalue weighted by Crippen LogP contribution is 2.29.